The van der Waals surface area contributed by atoms with Crippen LogP contribution in [-0.2, 0) is 6.42 Å². The van der Waals surface area contributed by atoms with E-state index in [-0.39, 0.29) is 0 Å². The molecule has 3 nitrogen and oxygen atoms in total. The van der Waals surface area contributed by atoms with Crippen molar-refractivity contribution in [3.63, 3.8) is 0 Å². The quantitative estimate of drug-likeness (QED) is 0.860. The summed E-state index contributed by atoms with van der Waals surface area (Å²) in [6, 6.07) is 11.4. The van der Waals surface area contributed by atoms with E-state index in [0.717, 1.165) is 17.3 Å². The first kappa shape index (κ1) is 15.3. The van der Waals surface area contributed by atoms with Crippen LogP contribution in [0.3, 0.4) is 0 Å². The molecule has 4 heteroatoms. The fourth-order valence-electron chi connectivity index (χ4n) is 2.49. The van der Waals surface area contributed by atoms with Crippen LogP contribution in [0.1, 0.15) is 43.6 Å². The summed E-state index contributed by atoms with van der Waals surface area (Å²) in [4.78, 5) is 0. The molecule has 2 aromatic rings. The summed E-state index contributed by atoms with van der Waals surface area (Å²) in [5.74, 6) is 0. The number of aromatic nitrogens is 2. The molecule has 0 saturated carbocycles. The van der Waals surface area contributed by atoms with Crippen molar-refractivity contribution in [3.8, 4) is 0 Å². The molecular weight excluding hydrogens is 314 g/mol. The number of hydrogen-bond donors (Lipinski definition) is 1. The maximum absolute atomic E-state index is 4.44. The van der Waals surface area contributed by atoms with E-state index in [1.807, 2.05) is 13.2 Å². The van der Waals surface area contributed by atoms with Gasteiger partial charge in [0.1, 0.15) is 0 Å². The molecule has 0 spiro atoms. The number of halogens is 1. The molecule has 20 heavy (non-hydrogen) atoms. The average molecular weight is 336 g/mol. The van der Waals surface area contributed by atoms with Gasteiger partial charge in [0.25, 0.3) is 0 Å². The van der Waals surface area contributed by atoms with Crippen LogP contribution in [0.4, 0.5) is 0 Å². The molecule has 0 radical (unpaired) electrons. The molecule has 0 amide bonds. The molecule has 0 aliphatic rings. The molecule has 1 aromatic heterocycles. The zero-order valence-corrected chi connectivity index (χ0v) is 13.9. The molecule has 0 fully saturated rings. The Kier molecular flexibility index (Phi) is 5.38. The Bertz CT molecular complexity index is 534. The van der Waals surface area contributed by atoms with Crippen LogP contribution in [0.2, 0.25) is 0 Å². The van der Waals surface area contributed by atoms with Crippen LogP contribution in [0.25, 0.3) is 0 Å². The second-order valence-electron chi connectivity index (χ2n) is 5.27. The largest absolute Gasteiger partial charge is 0.313 e. The lowest BCUT2D eigenvalue weighted by Gasteiger charge is -2.18. The molecule has 0 saturated heterocycles. The zero-order chi connectivity index (χ0) is 14.5. The summed E-state index contributed by atoms with van der Waals surface area (Å²) < 4.78 is 3.20. The van der Waals surface area contributed by atoms with Crippen molar-refractivity contribution in [2.75, 3.05) is 7.05 Å². The summed E-state index contributed by atoms with van der Waals surface area (Å²) >= 11 is 3.61. The lowest BCUT2D eigenvalue weighted by atomic mass is 10.0. The standard InChI is InChI=1S/C16H22BrN3/c1-12(2)20-16(14(17)11-19-20)10-9-15(18-3)13-7-5-4-6-8-13/h4-8,11-12,15,18H,9-10H2,1-3H3. The van der Waals surface area contributed by atoms with Crippen LogP contribution in [0.15, 0.2) is 41.0 Å². The van der Waals surface area contributed by atoms with Gasteiger partial charge >= 0.3 is 0 Å². The zero-order valence-electron chi connectivity index (χ0n) is 12.3. The fraction of sp³-hybridized carbons (Fsp3) is 0.438. The van der Waals surface area contributed by atoms with E-state index in [2.05, 4.69) is 75.2 Å². The van der Waals surface area contributed by atoms with Gasteiger partial charge in [-0.05, 0) is 55.2 Å². The Morgan fingerprint density at radius 2 is 1.95 bits per heavy atom. The summed E-state index contributed by atoms with van der Waals surface area (Å²) in [5.41, 5.74) is 2.61. The van der Waals surface area contributed by atoms with Gasteiger partial charge in [-0.25, -0.2) is 0 Å². The molecule has 1 atom stereocenters. The van der Waals surface area contributed by atoms with Crippen LogP contribution >= 0.6 is 15.9 Å². The minimum atomic E-state index is 0.374. The van der Waals surface area contributed by atoms with Gasteiger partial charge in [-0.2, -0.15) is 5.10 Å². The summed E-state index contributed by atoms with van der Waals surface area (Å²) in [5, 5.41) is 7.85. The predicted molar refractivity (Wildman–Crippen MR) is 86.9 cm³/mol. The number of rotatable bonds is 6. The number of hydrogen-bond acceptors (Lipinski definition) is 2. The van der Waals surface area contributed by atoms with Crippen molar-refractivity contribution < 1.29 is 0 Å². The molecule has 108 valence electrons. The third kappa shape index (κ3) is 3.49. The summed E-state index contributed by atoms with van der Waals surface area (Å²) in [6.45, 7) is 4.32. The highest BCUT2D eigenvalue weighted by Gasteiger charge is 2.14. The van der Waals surface area contributed by atoms with Crippen LogP contribution in [-0.4, -0.2) is 16.8 Å². The second kappa shape index (κ2) is 7.04. The van der Waals surface area contributed by atoms with Crippen molar-refractivity contribution in [2.24, 2.45) is 0 Å². The van der Waals surface area contributed by atoms with Crippen LogP contribution < -0.4 is 5.32 Å². The van der Waals surface area contributed by atoms with E-state index in [4.69, 9.17) is 0 Å². The SMILES string of the molecule is CNC(CCc1c(Br)cnn1C(C)C)c1ccccc1. The highest BCUT2D eigenvalue weighted by Crippen LogP contribution is 2.24. The highest BCUT2D eigenvalue weighted by molar-refractivity contribution is 9.10. The van der Waals surface area contributed by atoms with Gasteiger partial charge in [0, 0.05) is 12.1 Å². The molecule has 1 aromatic carbocycles. The molecule has 1 unspecified atom stereocenters. The van der Waals surface area contributed by atoms with Gasteiger partial charge in [-0.1, -0.05) is 30.3 Å². The van der Waals surface area contributed by atoms with Crippen LogP contribution in [0.5, 0.6) is 0 Å². The van der Waals surface area contributed by atoms with E-state index >= 15 is 0 Å². The monoisotopic (exact) mass is 335 g/mol. The van der Waals surface area contributed by atoms with Gasteiger partial charge < -0.3 is 5.32 Å². The van der Waals surface area contributed by atoms with Gasteiger partial charge in [-0.15, -0.1) is 0 Å². The van der Waals surface area contributed by atoms with E-state index in [0.29, 0.717) is 12.1 Å². The molecule has 0 aliphatic heterocycles. The number of benzene rings is 1. The van der Waals surface area contributed by atoms with E-state index in [1.54, 1.807) is 0 Å². The lowest BCUT2D eigenvalue weighted by molar-refractivity contribution is 0.483. The third-order valence-electron chi connectivity index (χ3n) is 3.56. The molecule has 0 bridgehead atoms. The number of nitrogens with one attached hydrogen (secondary N) is 1. The Morgan fingerprint density at radius 1 is 1.25 bits per heavy atom. The first-order valence-electron chi connectivity index (χ1n) is 7.07. The third-order valence-corrected chi connectivity index (χ3v) is 4.22. The minimum Gasteiger partial charge on any atom is -0.313 e. The van der Waals surface area contributed by atoms with Crippen molar-refractivity contribution in [1.82, 2.24) is 15.1 Å². The molecule has 1 heterocycles. The number of nitrogens with zero attached hydrogens (tertiary/aromatic N) is 2. The lowest BCUT2D eigenvalue weighted by Crippen LogP contribution is -2.18. The van der Waals surface area contributed by atoms with E-state index in [9.17, 15) is 0 Å². The molecule has 0 aliphatic carbocycles. The summed E-state index contributed by atoms with van der Waals surface area (Å²) in [7, 11) is 2.02. The summed E-state index contributed by atoms with van der Waals surface area (Å²) in [6.07, 6.45) is 3.95. The Balaban J connectivity index is 2.09. The average Bonchev–Trinajstić information content (AvgIpc) is 2.82. The Labute approximate surface area is 129 Å². The van der Waals surface area contributed by atoms with E-state index < -0.39 is 0 Å². The molecule has 1 N–H and O–H groups in total. The highest BCUT2D eigenvalue weighted by atomic mass is 79.9. The van der Waals surface area contributed by atoms with Crippen molar-refractivity contribution in [2.45, 2.75) is 38.8 Å². The van der Waals surface area contributed by atoms with Crippen molar-refractivity contribution >= 4 is 15.9 Å². The fourth-order valence-corrected chi connectivity index (χ4v) is 2.96. The second-order valence-corrected chi connectivity index (χ2v) is 6.12. The van der Waals surface area contributed by atoms with Crippen LogP contribution in [0, 0.1) is 0 Å². The molecular formula is C16H22BrN3. The normalized spacial score (nSPS) is 12.8. The first-order chi connectivity index (χ1) is 9.63. The maximum Gasteiger partial charge on any atom is 0.0635 e. The minimum absolute atomic E-state index is 0.374. The van der Waals surface area contributed by atoms with Crippen molar-refractivity contribution in [1.29, 1.82) is 0 Å². The maximum atomic E-state index is 4.44. The topological polar surface area (TPSA) is 29.9 Å². The first-order valence-corrected chi connectivity index (χ1v) is 7.87. The van der Waals surface area contributed by atoms with Crippen molar-refractivity contribution in [3.05, 3.63) is 52.3 Å². The van der Waals surface area contributed by atoms with Gasteiger partial charge in [0.15, 0.2) is 0 Å². The smallest absolute Gasteiger partial charge is 0.0635 e. The van der Waals surface area contributed by atoms with Gasteiger partial charge in [-0.3, -0.25) is 4.68 Å². The molecule has 2 rings (SSSR count). The Hall–Kier alpha value is -1.13. The predicted octanol–water partition coefficient (Wildman–Crippen LogP) is 4.12. The van der Waals surface area contributed by atoms with E-state index in [1.165, 1.54) is 11.3 Å². The van der Waals surface area contributed by atoms with Gasteiger partial charge in [0.2, 0.25) is 0 Å². The van der Waals surface area contributed by atoms with Gasteiger partial charge in [0.05, 0.1) is 16.4 Å². The Morgan fingerprint density at radius 3 is 2.55 bits per heavy atom.